The van der Waals surface area contributed by atoms with Gasteiger partial charge in [-0.3, -0.25) is 0 Å². The second-order valence-electron chi connectivity index (χ2n) is 8.97. The zero-order chi connectivity index (χ0) is 24.0. The van der Waals surface area contributed by atoms with Crippen LogP contribution in [0.25, 0.3) is 22.2 Å². The van der Waals surface area contributed by atoms with E-state index < -0.39 is 10.0 Å². The van der Waals surface area contributed by atoms with E-state index in [1.165, 1.54) is 23.6 Å². The molecule has 2 aromatic carbocycles. The van der Waals surface area contributed by atoms with E-state index in [1.54, 1.807) is 18.2 Å². The number of anilines is 1. The molecule has 0 aliphatic carbocycles. The summed E-state index contributed by atoms with van der Waals surface area (Å²) in [5, 5.41) is 8.21. The molecule has 34 heavy (non-hydrogen) atoms. The van der Waals surface area contributed by atoms with E-state index in [9.17, 15) is 8.42 Å². The highest BCUT2D eigenvalue weighted by atomic mass is 32.2. The Morgan fingerprint density at radius 3 is 2.68 bits per heavy atom. The third-order valence-electron chi connectivity index (χ3n) is 6.69. The molecule has 2 heterocycles. The SMILES string of the molecule is CCN(CC)S(=O)(=O)c1cccc(-c2cc(NCCCC3CCCNC3)c3ccccc3n2)c1. The molecule has 0 bridgehead atoms. The van der Waals surface area contributed by atoms with Gasteiger partial charge in [-0.05, 0) is 69.0 Å². The molecular weight excluding hydrogens is 444 g/mol. The van der Waals surface area contributed by atoms with E-state index in [2.05, 4.69) is 16.7 Å². The van der Waals surface area contributed by atoms with Gasteiger partial charge in [0, 0.05) is 36.3 Å². The molecule has 1 aromatic heterocycles. The summed E-state index contributed by atoms with van der Waals surface area (Å²) in [7, 11) is -3.53. The van der Waals surface area contributed by atoms with Gasteiger partial charge in [-0.2, -0.15) is 4.31 Å². The van der Waals surface area contributed by atoms with Crippen molar-refractivity contribution in [1.29, 1.82) is 0 Å². The fourth-order valence-electron chi connectivity index (χ4n) is 4.78. The maximum Gasteiger partial charge on any atom is 0.243 e. The van der Waals surface area contributed by atoms with Crippen molar-refractivity contribution in [3.8, 4) is 11.3 Å². The number of hydrogen-bond acceptors (Lipinski definition) is 5. The van der Waals surface area contributed by atoms with Crippen LogP contribution in [0.3, 0.4) is 0 Å². The number of fused-ring (bicyclic) bond motifs is 1. The summed E-state index contributed by atoms with van der Waals surface area (Å²) in [4.78, 5) is 5.16. The van der Waals surface area contributed by atoms with Crippen LogP contribution in [0.5, 0.6) is 0 Å². The molecule has 0 spiro atoms. The second-order valence-corrected chi connectivity index (χ2v) is 10.9. The van der Waals surface area contributed by atoms with Gasteiger partial charge in [0.2, 0.25) is 10.0 Å². The Balaban J connectivity index is 1.58. The summed E-state index contributed by atoms with van der Waals surface area (Å²) >= 11 is 0. The van der Waals surface area contributed by atoms with Crippen LogP contribution < -0.4 is 10.6 Å². The number of piperidine rings is 1. The Hall–Kier alpha value is -2.48. The van der Waals surface area contributed by atoms with E-state index in [0.717, 1.165) is 59.8 Å². The molecule has 1 fully saturated rings. The van der Waals surface area contributed by atoms with Crippen LogP contribution in [0.2, 0.25) is 0 Å². The topological polar surface area (TPSA) is 74.3 Å². The van der Waals surface area contributed by atoms with Crippen LogP contribution in [-0.2, 0) is 10.0 Å². The highest BCUT2D eigenvalue weighted by Gasteiger charge is 2.22. The minimum atomic E-state index is -3.53. The van der Waals surface area contributed by atoms with Gasteiger partial charge in [0.1, 0.15) is 0 Å². The summed E-state index contributed by atoms with van der Waals surface area (Å²) in [6, 6.07) is 17.3. The first-order chi connectivity index (χ1) is 16.5. The number of nitrogens with one attached hydrogen (secondary N) is 2. The summed E-state index contributed by atoms with van der Waals surface area (Å²) in [6.45, 7) is 7.80. The first-order valence-electron chi connectivity index (χ1n) is 12.5. The number of nitrogens with zero attached hydrogens (tertiary/aromatic N) is 2. The van der Waals surface area contributed by atoms with E-state index in [0.29, 0.717) is 18.0 Å². The number of pyridine rings is 1. The Morgan fingerprint density at radius 1 is 1.09 bits per heavy atom. The van der Waals surface area contributed by atoms with Crippen LogP contribution in [-0.4, -0.2) is 50.4 Å². The van der Waals surface area contributed by atoms with Crippen molar-refractivity contribution in [3.05, 3.63) is 54.6 Å². The molecule has 1 saturated heterocycles. The van der Waals surface area contributed by atoms with Gasteiger partial charge < -0.3 is 10.6 Å². The molecule has 7 heteroatoms. The molecule has 3 aromatic rings. The number of rotatable bonds is 10. The number of aromatic nitrogens is 1. The van der Waals surface area contributed by atoms with Crippen LogP contribution in [0, 0.1) is 5.92 Å². The van der Waals surface area contributed by atoms with Gasteiger partial charge in [0.15, 0.2) is 0 Å². The first kappa shape index (κ1) is 24.6. The average molecular weight is 481 g/mol. The lowest BCUT2D eigenvalue weighted by Crippen LogP contribution is -2.30. The second kappa shape index (κ2) is 11.3. The minimum Gasteiger partial charge on any atom is -0.384 e. The van der Waals surface area contributed by atoms with Crippen molar-refractivity contribution < 1.29 is 8.42 Å². The van der Waals surface area contributed by atoms with Gasteiger partial charge in [-0.25, -0.2) is 13.4 Å². The molecule has 4 rings (SSSR count). The predicted molar refractivity (Wildman–Crippen MR) is 141 cm³/mol. The van der Waals surface area contributed by atoms with Crippen LogP contribution in [0.4, 0.5) is 5.69 Å². The predicted octanol–water partition coefficient (Wildman–Crippen LogP) is 5.12. The van der Waals surface area contributed by atoms with E-state index in [1.807, 2.05) is 44.2 Å². The van der Waals surface area contributed by atoms with Gasteiger partial charge >= 0.3 is 0 Å². The highest BCUT2D eigenvalue weighted by molar-refractivity contribution is 7.89. The van der Waals surface area contributed by atoms with Gasteiger partial charge in [0.05, 0.1) is 16.1 Å². The largest absolute Gasteiger partial charge is 0.384 e. The zero-order valence-electron chi connectivity index (χ0n) is 20.3. The quantitative estimate of drug-likeness (QED) is 0.394. The van der Waals surface area contributed by atoms with Crippen molar-refractivity contribution in [2.24, 2.45) is 5.92 Å². The standard InChI is InChI=1S/C27H36N4O2S/c1-3-31(4-2)34(32,33)23-13-7-12-22(18-23)26-19-27(24-14-5-6-15-25(24)30-26)29-17-9-11-21-10-8-16-28-20-21/h5-7,12-15,18-19,21,28H,3-4,8-11,16-17,20H2,1-2H3,(H,29,30). The zero-order valence-corrected chi connectivity index (χ0v) is 21.1. The fraction of sp³-hybridized carbons (Fsp3) is 0.444. The molecule has 6 nitrogen and oxygen atoms in total. The highest BCUT2D eigenvalue weighted by Crippen LogP contribution is 2.30. The smallest absolute Gasteiger partial charge is 0.243 e. The Kier molecular flexibility index (Phi) is 8.19. The Morgan fingerprint density at radius 2 is 1.91 bits per heavy atom. The summed E-state index contributed by atoms with van der Waals surface area (Å²) < 4.78 is 27.6. The Labute approximate surface area is 203 Å². The lowest BCUT2D eigenvalue weighted by atomic mass is 9.95. The van der Waals surface area contributed by atoms with Gasteiger partial charge in [0.25, 0.3) is 0 Å². The molecule has 182 valence electrons. The molecule has 1 unspecified atom stereocenters. The van der Waals surface area contributed by atoms with E-state index >= 15 is 0 Å². The van der Waals surface area contributed by atoms with Crippen molar-refractivity contribution in [2.75, 3.05) is 38.0 Å². The van der Waals surface area contributed by atoms with Gasteiger partial charge in [-0.15, -0.1) is 0 Å². The molecule has 0 saturated carbocycles. The molecule has 1 atom stereocenters. The summed E-state index contributed by atoms with van der Waals surface area (Å²) in [6.07, 6.45) is 4.94. The summed E-state index contributed by atoms with van der Waals surface area (Å²) in [5.74, 6) is 0.774. The maximum absolute atomic E-state index is 13.1. The number of benzene rings is 2. The van der Waals surface area contributed by atoms with Gasteiger partial charge in [-0.1, -0.05) is 44.2 Å². The summed E-state index contributed by atoms with van der Waals surface area (Å²) in [5.41, 5.74) is 3.51. The third-order valence-corrected chi connectivity index (χ3v) is 8.74. The van der Waals surface area contributed by atoms with Crippen LogP contribution in [0.15, 0.2) is 59.5 Å². The van der Waals surface area contributed by atoms with E-state index in [4.69, 9.17) is 4.98 Å². The molecule has 0 radical (unpaired) electrons. The molecule has 1 aliphatic heterocycles. The van der Waals surface area contributed by atoms with E-state index in [-0.39, 0.29) is 0 Å². The molecule has 2 N–H and O–H groups in total. The van der Waals surface area contributed by atoms with Crippen molar-refractivity contribution in [2.45, 2.75) is 44.4 Å². The normalized spacial score (nSPS) is 16.7. The van der Waals surface area contributed by atoms with Crippen LogP contribution >= 0.6 is 0 Å². The average Bonchev–Trinajstić information content (AvgIpc) is 2.87. The van der Waals surface area contributed by atoms with Crippen molar-refractivity contribution in [1.82, 2.24) is 14.6 Å². The van der Waals surface area contributed by atoms with Crippen molar-refractivity contribution in [3.63, 3.8) is 0 Å². The minimum absolute atomic E-state index is 0.305. The Bertz CT molecular complexity index is 1200. The van der Waals surface area contributed by atoms with Crippen molar-refractivity contribution >= 4 is 26.6 Å². The van der Waals surface area contributed by atoms with Crippen LogP contribution in [0.1, 0.15) is 39.5 Å². The lowest BCUT2D eigenvalue weighted by molar-refractivity contribution is 0.353. The molecule has 1 aliphatic rings. The fourth-order valence-corrected chi connectivity index (χ4v) is 6.29. The first-order valence-corrected chi connectivity index (χ1v) is 13.9. The molecule has 0 amide bonds. The number of hydrogen-bond donors (Lipinski definition) is 2. The number of sulfonamides is 1. The maximum atomic E-state index is 13.1. The lowest BCUT2D eigenvalue weighted by Gasteiger charge is -2.22. The molecular formula is C27H36N4O2S. The number of para-hydroxylation sites is 1. The monoisotopic (exact) mass is 480 g/mol. The third kappa shape index (κ3) is 5.59.